The molecule has 1 aliphatic carbocycles. The van der Waals surface area contributed by atoms with E-state index in [2.05, 4.69) is 47.1 Å². The summed E-state index contributed by atoms with van der Waals surface area (Å²) in [6.07, 6.45) is 1.25. The van der Waals surface area contributed by atoms with E-state index in [4.69, 9.17) is 5.73 Å². The third-order valence-corrected chi connectivity index (χ3v) is 3.54. The van der Waals surface area contributed by atoms with Crippen LogP contribution in [0.3, 0.4) is 0 Å². The van der Waals surface area contributed by atoms with Gasteiger partial charge < -0.3 is 5.73 Å². The number of halogens is 1. The van der Waals surface area contributed by atoms with Crippen molar-refractivity contribution in [2.45, 2.75) is 25.3 Å². The monoisotopic (exact) mass is 239 g/mol. The summed E-state index contributed by atoms with van der Waals surface area (Å²) >= 11 is 3.57. The molecule has 1 aliphatic rings. The van der Waals surface area contributed by atoms with Crippen molar-refractivity contribution in [2.75, 3.05) is 0 Å². The quantitative estimate of drug-likeness (QED) is 0.845. The minimum Gasteiger partial charge on any atom is -0.328 e. The predicted molar refractivity (Wildman–Crippen MR) is 58.6 cm³/mol. The maximum absolute atomic E-state index is 5.86. The molecular weight excluding hydrogens is 226 g/mol. The highest BCUT2D eigenvalue weighted by Gasteiger charge is 2.41. The smallest absolute Gasteiger partial charge is 0.0210 e. The topological polar surface area (TPSA) is 26.0 Å². The second kappa shape index (κ2) is 3.43. The Morgan fingerprint density at radius 2 is 2.15 bits per heavy atom. The molecule has 1 nitrogen and oxygen atoms in total. The number of hydrogen-bond acceptors (Lipinski definition) is 1. The van der Waals surface area contributed by atoms with Crippen molar-refractivity contribution < 1.29 is 0 Å². The molecule has 3 atom stereocenters. The maximum Gasteiger partial charge on any atom is 0.0210 e. The SMILES string of the molecule is CC(N)C1CC1c1ccccc1Br. The van der Waals surface area contributed by atoms with Gasteiger partial charge in [-0.05, 0) is 36.8 Å². The number of nitrogens with two attached hydrogens (primary N) is 1. The lowest BCUT2D eigenvalue weighted by Gasteiger charge is -2.05. The van der Waals surface area contributed by atoms with Crippen molar-refractivity contribution >= 4 is 15.9 Å². The van der Waals surface area contributed by atoms with Gasteiger partial charge in [-0.1, -0.05) is 34.1 Å². The maximum atomic E-state index is 5.86. The Balaban J connectivity index is 2.16. The van der Waals surface area contributed by atoms with Gasteiger partial charge in [-0.3, -0.25) is 0 Å². The fourth-order valence-electron chi connectivity index (χ4n) is 1.93. The van der Waals surface area contributed by atoms with E-state index in [1.54, 1.807) is 0 Å². The van der Waals surface area contributed by atoms with E-state index < -0.39 is 0 Å². The minimum absolute atomic E-state index is 0.331. The molecule has 2 rings (SSSR count). The molecule has 2 N–H and O–H groups in total. The van der Waals surface area contributed by atoms with Crippen LogP contribution < -0.4 is 5.73 Å². The zero-order chi connectivity index (χ0) is 9.42. The minimum atomic E-state index is 0.331. The molecule has 0 heterocycles. The van der Waals surface area contributed by atoms with Crippen LogP contribution in [0, 0.1) is 5.92 Å². The van der Waals surface area contributed by atoms with Crippen molar-refractivity contribution in [3.05, 3.63) is 34.3 Å². The van der Waals surface area contributed by atoms with Crippen molar-refractivity contribution in [1.29, 1.82) is 0 Å². The van der Waals surface area contributed by atoms with E-state index in [1.165, 1.54) is 16.5 Å². The Kier molecular flexibility index (Phi) is 2.43. The standard InChI is InChI=1S/C11H14BrN/c1-7(13)9-6-10(9)8-4-2-3-5-11(8)12/h2-5,7,9-10H,6,13H2,1H3. The lowest BCUT2D eigenvalue weighted by atomic mass is 10.1. The van der Waals surface area contributed by atoms with Crippen molar-refractivity contribution in [1.82, 2.24) is 0 Å². The summed E-state index contributed by atoms with van der Waals surface area (Å²) in [5, 5.41) is 0. The Labute approximate surface area is 87.5 Å². The highest BCUT2D eigenvalue weighted by molar-refractivity contribution is 9.10. The third kappa shape index (κ3) is 1.79. The predicted octanol–water partition coefficient (Wildman–Crippen LogP) is 2.90. The van der Waals surface area contributed by atoms with Crippen molar-refractivity contribution in [2.24, 2.45) is 11.7 Å². The van der Waals surface area contributed by atoms with Crippen LogP contribution in [-0.4, -0.2) is 6.04 Å². The van der Waals surface area contributed by atoms with Crippen LogP contribution in [0.4, 0.5) is 0 Å². The summed E-state index contributed by atoms with van der Waals surface area (Å²) in [7, 11) is 0. The van der Waals surface area contributed by atoms with E-state index >= 15 is 0 Å². The first-order valence-corrected chi connectivity index (χ1v) is 5.49. The van der Waals surface area contributed by atoms with Gasteiger partial charge in [-0.25, -0.2) is 0 Å². The van der Waals surface area contributed by atoms with Crippen LogP contribution in [0.2, 0.25) is 0 Å². The Bertz CT molecular complexity index is 309. The summed E-state index contributed by atoms with van der Waals surface area (Å²) in [6, 6.07) is 8.77. The van der Waals surface area contributed by atoms with Gasteiger partial charge in [0.1, 0.15) is 0 Å². The summed E-state index contributed by atoms with van der Waals surface area (Å²) < 4.78 is 1.23. The molecule has 0 saturated heterocycles. The molecule has 0 radical (unpaired) electrons. The fourth-order valence-corrected chi connectivity index (χ4v) is 2.51. The molecule has 0 bridgehead atoms. The Hall–Kier alpha value is -0.340. The van der Waals surface area contributed by atoms with Gasteiger partial charge in [-0.2, -0.15) is 0 Å². The average molecular weight is 240 g/mol. The van der Waals surface area contributed by atoms with Crippen LogP contribution in [-0.2, 0) is 0 Å². The molecule has 0 aliphatic heterocycles. The van der Waals surface area contributed by atoms with Crippen molar-refractivity contribution in [3.8, 4) is 0 Å². The molecule has 3 unspecified atom stereocenters. The zero-order valence-electron chi connectivity index (χ0n) is 7.70. The average Bonchev–Trinajstić information content (AvgIpc) is 2.84. The van der Waals surface area contributed by atoms with E-state index in [9.17, 15) is 0 Å². The lowest BCUT2D eigenvalue weighted by Crippen LogP contribution is -2.17. The molecule has 13 heavy (non-hydrogen) atoms. The molecule has 0 amide bonds. The van der Waals surface area contributed by atoms with Gasteiger partial charge in [0.25, 0.3) is 0 Å². The van der Waals surface area contributed by atoms with Gasteiger partial charge in [0.2, 0.25) is 0 Å². The van der Waals surface area contributed by atoms with E-state index in [0.717, 1.165) is 0 Å². The summed E-state index contributed by atoms with van der Waals surface area (Å²) in [4.78, 5) is 0. The van der Waals surface area contributed by atoms with Gasteiger partial charge in [-0.15, -0.1) is 0 Å². The number of benzene rings is 1. The molecule has 1 fully saturated rings. The molecule has 0 spiro atoms. The van der Waals surface area contributed by atoms with E-state index in [0.29, 0.717) is 17.9 Å². The summed E-state index contributed by atoms with van der Waals surface area (Å²) in [5.74, 6) is 1.38. The number of hydrogen-bond donors (Lipinski definition) is 1. The second-order valence-electron chi connectivity index (χ2n) is 3.89. The van der Waals surface area contributed by atoms with E-state index in [1.807, 2.05) is 0 Å². The highest BCUT2D eigenvalue weighted by Crippen LogP contribution is 2.50. The van der Waals surface area contributed by atoms with Gasteiger partial charge in [0.15, 0.2) is 0 Å². The largest absolute Gasteiger partial charge is 0.328 e. The third-order valence-electron chi connectivity index (χ3n) is 2.82. The summed E-state index contributed by atoms with van der Waals surface area (Å²) in [5.41, 5.74) is 7.28. The van der Waals surface area contributed by atoms with E-state index in [-0.39, 0.29) is 0 Å². The molecule has 1 aromatic carbocycles. The summed E-state index contributed by atoms with van der Waals surface area (Å²) in [6.45, 7) is 2.10. The van der Waals surface area contributed by atoms with Crippen LogP contribution in [0.5, 0.6) is 0 Å². The highest BCUT2D eigenvalue weighted by atomic mass is 79.9. The first kappa shape index (κ1) is 9.22. The number of rotatable bonds is 2. The Morgan fingerprint density at radius 1 is 1.46 bits per heavy atom. The van der Waals surface area contributed by atoms with Gasteiger partial charge in [0.05, 0.1) is 0 Å². The van der Waals surface area contributed by atoms with Gasteiger partial charge >= 0.3 is 0 Å². The molecule has 1 aromatic rings. The molecule has 2 heteroatoms. The van der Waals surface area contributed by atoms with Crippen LogP contribution in [0.15, 0.2) is 28.7 Å². The van der Waals surface area contributed by atoms with Crippen molar-refractivity contribution in [3.63, 3.8) is 0 Å². The first-order valence-electron chi connectivity index (χ1n) is 4.70. The molecular formula is C11H14BrN. The van der Waals surface area contributed by atoms with Crippen LogP contribution in [0.1, 0.15) is 24.8 Å². The Morgan fingerprint density at radius 3 is 2.69 bits per heavy atom. The first-order chi connectivity index (χ1) is 6.20. The normalized spacial score (nSPS) is 28.5. The lowest BCUT2D eigenvalue weighted by molar-refractivity contribution is 0.631. The zero-order valence-corrected chi connectivity index (χ0v) is 9.29. The van der Waals surface area contributed by atoms with Crippen LogP contribution >= 0.6 is 15.9 Å². The molecule has 0 aromatic heterocycles. The molecule has 1 saturated carbocycles. The molecule has 70 valence electrons. The second-order valence-corrected chi connectivity index (χ2v) is 4.74. The van der Waals surface area contributed by atoms with Crippen LogP contribution in [0.25, 0.3) is 0 Å². The van der Waals surface area contributed by atoms with Gasteiger partial charge in [0, 0.05) is 10.5 Å². The fraction of sp³-hybridized carbons (Fsp3) is 0.455.